The number of fused-ring (bicyclic) bond motifs is 2. The molecule has 0 fully saturated rings. The van der Waals surface area contributed by atoms with Crippen LogP contribution in [0.2, 0.25) is 0 Å². The van der Waals surface area contributed by atoms with Crippen LogP contribution in [0.4, 0.5) is 0 Å². The molecule has 27 heavy (non-hydrogen) atoms. The third-order valence-corrected chi connectivity index (χ3v) is 4.83. The van der Waals surface area contributed by atoms with Crippen molar-refractivity contribution in [3.8, 4) is 16.9 Å². The van der Waals surface area contributed by atoms with Crippen molar-refractivity contribution in [2.75, 3.05) is 0 Å². The maximum Gasteiger partial charge on any atom is 0.271 e. The van der Waals surface area contributed by atoms with E-state index in [0.29, 0.717) is 0 Å². The molecule has 0 bridgehead atoms. The van der Waals surface area contributed by atoms with Crippen LogP contribution in [0.25, 0.3) is 38.5 Å². The first-order chi connectivity index (χ1) is 13.3. The van der Waals surface area contributed by atoms with Gasteiger partial charge in [-0.05, 0) is 45.8 Å². The molecule has 3 heteroatoms. The number of hydrogen-bond acceptors (Lipinski definition) is 2. The summed E-state index contributed by atoms with van der Waals surface area (Å²) < 4.78 is 1.46. The fourth-order valence-electron chi connectivity index (χ4n) is 3.59. The lowest BCUT2D eigenvalue weighted by molar-refractivity contribution is 0.813. The maximum atomic E-state index is 12.4. The number of benzene rings is 4. The number of aromatic nitrogens is 2. The Kier molecular flexibility index (Phi) is 3.58. The highest BCUT2D eigenvalue weighted by Crippen LogP contribution is 2.35. The van der Waals surface area contributed by atoms with Gasteiger partial charge in [0.05, 0.1) is 11.4 Å². The van der Waals surface area contributed by atoms with E-state index >= 15 is 0 Å². The SMILES string of the molecule is O=c1ccc(-c2c3ccccc3cc3ccccc23)nn1-c1ccccc1. The van der Waals surface area contributed by atoms with Gasteiger partial charge in [0.25, 0.3) is 5.56 Å². The normalized spacial score (nSPS) is 11.1. The Morgan fingerprint density at radius 1 is 0.630 bits per heavy atom. The van der Waals surface area contributed by atoms with Gasteiger partial charge in [0.2, 0.25) is 0 Å². The number of para-hydroxylation sites is 1. The molecule has 0 spiro atoms. The standard InChI is InChI=1S/C24H16N2O/c27-23-15-14-22(25-26(23)19-10-2-1-3-11-19)24-20-12-6-4-8-17(20)16-18-9-5-7-13-21(18)24/h1-16H. The predicted octanol–water partition coefficient (Wildman–Crippen LogP) is 5.21. The van der Waals surface area contributed by atoms with E-state index < -0.39 is 0 Å². The second kappa shape index (κ2) is 6.22. The molecule has 5 rings (SSSR count). The van der Waals surface area contributed by atoms with Crippen LogP contribution in [0, 0.1) is 0 Å². The lowest BCUT2D eigenvalue weighted by atomic mass is 9.95. The van der Waals surface area contributed by atoms with Crippen molar-refractivity contribution in [2.45, 2.75) is 0 Å². The predicted molar refractivity (Wildman–Crippen MR) is 110 cm³/mol. The molecule has 0 N–H and O–H groups in total. The first kappa shape index (κ1) is 15.5. The molecule has 0 atom stereocenters. The van der Waals surface area contributed by atoms with Gasteiger partial charge >= 0.3 is 0 Å². The Bertz CT molecular complexity index is 1280. The molecule has 4 aromatic carbocycles. The summed E-state index contributed by atoms with van der Waals surface area (Å²) in [4.78, 5) is 12.4. The summed E-state index contributed by atoms with van der Waals surface area (Å²) in [5.74, 6) is 0. The lowest BCUT2D eigenvalue weighted by Gasteiger charge is -2.13. The van der Waals surface area contributed by atoms with Gasteiger partial charge < -0.3 is 0 Å². The summed E-state index contributed by atoms with van der Waals surface area (Å²) >= 11 is 0. The van der Waals surface area contributed by atoms with E-state index in [1.165, 1.54) is 4.68 Å². The monoisotopic (exact) mass is 348 g/mol. The molecule has 0 saturated heterocycles. The van der Waals surface area contributed by atoms with E-state index in [9.17, 15) is 4.79 Å². The van der Waals surface area contributed by atoms with Crippen LogP contribution in [0.15, 0.2) is 102 Å². The second-order valence-corrected chi connectivity index (χ2v) is 6.50. The van der Waals surface area contributed by atoms with Crippen LogP contribution in [-0.4, -0.2) is 9.78 Å². The first-order valence-corrected chi connectivity index (χ1v) is 8.88. The fourth-order valence-corrected chi connectivity index (χ4v) is 3.59. The average Bonchev–Trinajstić information content (AvgIpc) is 2.73. The lowest BCUT2D eigenvalue weighted by Crippen LogP contribution is -2.20. The van der Waals surface area contributed by atoms with Gasteiger partial charge in [0.15, 0.2) is 0 Å². The number of rotatable bonds is 2. The van der Waals surface area contributed by atoms with Crippen LogP contribution in [0.3, 0.4) is 0 Å². The molecule has 1 heterocycles. The van der Waals surface area contributed by atoms with Crippen molar-refractivity contribution in [2.24, 2.45) is 0 Å². The van der Waals surface area contributed by atoms with Crippen molar-refractivity contribution >= 4 is 21.5 Å². The molecule has 0 amide bonds. The molecular formula is C24H16N2O. The van der Waals surface area contributed by atoms with E-state index in [1.807, 2.05) is 60.7 Å². The van der Waals surface area contributed by atoms with Crippen molar-refractivity contribution in [3.05, 3.63) is 107 Å². The van der Waals surface area contributed by atoms with Crippen molar-refractivity contribution < 1.29 is 0 Å². The van der Waals surface area contributed by atoms with Crippen LogP contribution in [0.5, 0.6) is 0 Å². The Hall–Kier alpha value is -3.72. The molecule has 1 aromatic heterocycles. The average molecular weight is 348 g/mol. The highest BCUT2D eigenvalue weighted by atomic mass is 16.1. The summed E-state index contributed by atoms with van der Waals surface area (Å²) in [6.45, 7) is 0. The number of nitrogens with zero attached hydrogens (tertiary/aromatic N) is 2. The van der Waals surface area contributed by atoms with E-state index in [1.54, 1.807) is 6.07 Å². The Morgan fingerprint density at radius 2 is 1.22 bits per heavy atom. The third-order valence-electron chi connectivity index (χ3n) is 4.83. The van der Waals surface area contributed by atoms with Gasteiger partial charge in [-0.15, -0.1) is 0 Å². The highest BCUT2D eigenvalue weighted by Gasteiger charge is 2.12. The van der Waals surface area contributed by atoms with Crippen LogP contribution < -0.4 is 5.56 Å². The van der Waals surface area contributed by atoms with Gasteiger partial charge in [0.1, 0.15) is 0 Å². The van der Waals surface area contributed by atoms with Crippen molar-refractivity contribution in [1.29, 1.82) is 0 Å². The Balaban J connectivity index is 1.87. The minimum absolute atomic E-state index is 0.144. The van der Waals surface area contributed by atoms with Gasteiger partial charge in [-0.3, -0.25) is 4.79 Å². The molecule has 3 nitrogen and oxygen atoms in total. The quantitative estimate of drug-likeness (QED) is 0.411. The first-order valence-electron chi connectivity index (χ1n) is 8.88. The highest BCUT2D eigenvalue weighted by molar-refractivity contribution is 6.11. The Labute approximate surface area is 156 Å². The molecule has 0 aliphatic rings. The topological polar surface area (TPSA) is 34.9 Å². The summed E-state index contributed by atoms with van der Waals surface area (Å²) in [7, 11) is 0. The fraction of sp³-hybridized carbons (Fsp3) is 0. The van der Waals surface area contributed by atoms with Crippen molar-refractivity contribution in [3.63, 3.8) is 0 Å². The van der Waals surface area contributed by atoms with Crippen LogP contribution >= 0.6 is 0 Å². The van der Waals surface area contributed by atoms with Gasteiger partial charge in [-0.2, -0.15) is 9.78 Å². The third kappa shape index (κ3) is 2.61. The molecule has 128 valence electrons. The van der Waals surface area contributed by atoms with E-state index in [-0.39, 0.29) is 5.56 Å². The van der Waals surface area contributed by atoms with Crippen molar-refractivity contribution in [1.82, 2.24) is 9.78 Å². The largest absolute Gasteiger partial charge is 0.271 e. The van der Waals surface area contributed by atoms with Gasteiger partial charge in [0, 0.05) is 11.6 Å². The van der Waals surface area contributed by atoms with E-state index in [0.717, 1.165) is 38.5 Å². The smallest absolute Gasteiger partial charge is 0.267 e. The zero-order valence-electron chi connectivity index (χ0n) is 14.5. The maximum absolute atomic E-state index is 12.4. The minimum atomic E-state index is -0.144. The zero-order chi connectivity index (χ0) is 18.2. The van der Waals surface area contributed by atoms with Gasteiger partial charge in [-0.25, -0.2) is 0 Å². The molecule has 0 aliphatic carbocycles. The zero-order valence-corrected chi connectivity index (χ0v) is 14.5. The molecule has 0 aliphatic heterocycles. The molecule has 0 saturated carbocycles. The second-order valence-electron chi connectivity index (χ2n) is 6.50. The Morgan fingerprint density at radius 3 is 1.89 bits per heavy atom. The number of hydrogen-bond donors (Lipinski definition) is 0. The van der Waals surface area contributed by atoms with E-state index in [4.69, 9.17) is 5.10 Å². The van der Waals surface area contributed by atoms with Crippen LogP contribution in [0.1, 0.15) is 0 Å². The summed E-state index contributed by atoms with van der Waals surface area (Å²) in [6, 6.07) is 31.7. The molecular weight excluding hydrogens is 332 g/mol. The summed E-state index contributed by atoms with van der Waals surface area (Å²) in [5, 5.41) is 9.29. The minimum Gasteiger partial charge on any atom is -0.267 e. The van der Waals surface area contributed by atoms with Gasteiger partial charge in [-0.1, -0.05) is 66.7 Å². The van der Waals surface area contributed by atoms with Crippen LogP contribution in [-0.2, 0) is 0 Å². The molecule has 0 unspecified atom stereocenters. The molecule has 5 aromatic rings. The summed E-state index contributed by atoms with van der Waals surface area (Å²) in [6.07, 6.45) is 0. The van der Waals surface area contributed by atoms with E-state index in [2.05, 4.69) is 30.3 Å². The molecule has 0 radical (unpaired) electrons. The summed E-state index contributed by atoms with van der Waals surface area (Å²) in [5.41, 5.74) is 2.45.